The Morgan fingerprint density at radius 3 is 0.625 bits per heavy atom. The Morgan fingerprint density at radius 1 is 0.240 bits per heavy atom. The van der Waals surface area contributed by atoms with Crippen molar-refractivity contribution in [2.75, 3.05) is 13.2 Å². The van der Waals surface area contributed by atoms with Gasteiger partial charge >= 0.3 is 11.9 Å². The number of carbonyl (C=O) groups is 2. The van der Waals surface area contributed by atoms with Crippen molar-refractivity contribution in [1.29, 1.82) is 0 Å². The molecule has 1 atom stereocenters. The van der Waals surface area contributed by atoms with Gasteiger partial charge < -0.3 is 14.6 Å². The van der Waals surface area contributed by atoms with E-state index in [1.807, 2.05) is 0 Å². The van der Waals surface area contributed by atoms with Crippen LogP contribution in [-0.2, 0) is 19.1 Å². The molecule has 0 aromatic rings. The number of hydrogen-bond acceptors (Lipinski definition) is 5. The van der Waals surface area contributed by atoms with E-state index in [1.54, 1.807) is 0 Å². The van der Waals surface area contributed by atoms with Crippen LogP contribution in [0.1, 0.15) is 399 Å². The maximum absolute atomic E-state index is 12.4. The highest BCUT2D eigenvalue weighted by molar-refractivity contribution is 5.70. The molecule has 0 saturated carbocycles. The van der Waals surface area contributed by atoms with E-state index in [0.717, 1.165) is 116 Å². The standard InChI is InChI=1S/C91H156O5/c1-3-5-7-9-11-13-15-17-19-21-23-25-27-29-31-33-35-37-39-41-43-45-47-49-51-53-55-57-59-61-63-65-67-69-71-73-75-77-79-81-83-85-90(93)95-88-89(87-92)96-91(94)86-84-82-80-78-76-74-72-70-68-66-64-62-60-58-56-54-52-50-48-46-44-42-40-38-36-34-32-30-28-26-24-22-20-18-16-14-12-10-8-6-4-2/h5-8,11-14,17-20,23-26,30,32,36,38,42,44,48,50,89,92H,3-4,9-10,15-16,21-22,27-29,31,33-35,37,39-41,43,45-47,49,51-88H2,1-2H3/b7-5-,8-6-,13-11-,14-12-,19-17-,20-18-,25-23-,26-24-,32-30-,38-36-,44-42-,50-48-. The second-order valence-electron chi connectivity index (χ2n) is 27.4. The lowest BCUT2D eigenvalue weighted by molar-refractivity contribution is -0.161. The number of aliphatic hydroxyl groups excluding tert-OH is 1. The molecule has 0 aromatic carbocycles. The first-order chi connectivity index (χ1) is 47.6. The van der Waals surface area contributed by atoms with Gasteiger partial charge in [0.1, 0.15) is 6.61 Å². The Morgan fingerprint density at radius 2 is 0.417 bits per heavy atom. The van der Waals surface area contributed by atoms with Crippen LogP contribution in [0.15, 0.2) is 146 Å². The van der Waals surface area contributed by atoms with E-state index in [0.29, 0.717) is 12.8 Å². The fourth-order valence-corrected chi connectivity index (χ4v) is 12.0. The van der Waals surface area contributed by atoms with Gasteiger partial charge in [0, 0.05) is 12.8 Å². The van der Waals surface area contributed by atoms with E-state index < -0.39 is 6.10 Å². The van der Waals surface area contributed by atoms with Gasteiger partial charge in [0.25, 0.3) is 0 Å². The Balaban J connectivity index is 3.43. The molecule has 1 N–H and O–H groups in total. The van der Waals surface area contributed by atoms with Crippen molar-refractivity contribution in [3.63, 3.8) is 0 Å². The zero-order chi connectivity index (χ0) is 69.0. The van der Waals surface area contributed by atoms with E-state index in [-0.39, 0.29) is 25.2 Å². The van der Waals surface area contributed by atoms with Gasteiger partial charge in [-0.1, -0.05) is 417 Å². The Bertz CT molecular complexity index is 1950. The molecular formula is C91H156O5. The molecule has 0 aromatic heterocycles. The molecule has 0 aliphatic rings. The number of ether oxygens (including phenoxy) is 2. The maximum atomic E-state index is 12.4. The molecule has 5 heteroatoms. The van der Waals surface area contributed by atoms with E-state index in [4.69, 9.17) is 9.47 Å². The van der Waals surface area contributed by atoms with Crippen LogP contribution < -0.4 is 0 Å². The van der Waals surface area contributed by atoms with Gasteiger partial charge in [-0.2, -0.15) is 0 Å². The van der Waals surface area contributed by atoms with Gasteiger partial charge in [-0.25, -0.2) is 0 Å². The summed E-state index contributed by atoms with van der Waals surface area (Å²) in [5.41, 5.74) is 0. The highest BCUT2D eigenvalue weighted by Gasteiger charge is 2.16. The summed E-state index contributed by atoms with van der Waals surface area (Å²) < 4.78 is 10.8. The third-order valence-electron chi connectivity index (χ3n) is 18.1. The van der Waals surface area contributed by atoms with Crippen LogP contribution >= 0.6 is 0 Å². The van der Waals surface area contributed by atoms with Crippen molar-refractivity contribution < 1.29 is 24.2 Å². The SMILES string of the molecule is CC/C=C\C/C=C\C/C=C\C/C=C\C/C=C\C/C=C\C/C=C\C/C=C\CCCCCCCCCCCCCCCCCCC(=O)OC(CO)COC(=O)CCCCCCCCCCCCCCCCCCCCCCCCCCCCCC/C=C\C/C=C\C/C=C\C/C=C\CC. The summed E-state index contributed by atoms with van der Waals surface area (Å²) in [7, 11) is 0. The summed E-state index contributed by atoms with van der Waals surface area (Å²) in [6.45, 7) is 3.95. The lowest BCUT2D eigenvalue weighted by Crippen LogP contribution is -2.28. The van der Waals surface area contributed by atoms with Gasteiger partial charge in [-0.15, -0.1) is 0 Å². The van der Waals surface area contributed by atoms with Crippen molar-refractivity contribution in [2.24, 2.45) is 0 Å². The van der Waals surface area contributed by atoms with Crippen molar-refractivity contribution in [3.05, 3.63) is 146 Å². The third-order valence-corrected chi connectivity index (χ3v) is 18.1. The van der Waals surface area contributed by atoms with Crippen LogP contribution in [0.2, 0.25) is 0 Å². The van der Waals surface area contributed by atoms with Crippen LogP contribution in [0.5, 0.6) is 0 Å². The zero-order valence-electron chi connectivity index (χ0n) is 63.4. The molecule has 0 heterocycles. The molecule has 0 amide bonds. The van der Waals surface area contributed by atoms with E-state index >= 15 is 0 Å². The minimum absolute atomic E-state index is 0.0655. The number of rotatable bonds is 76. The molecule has 0 fully saturated rings. The minimum atomic E-state index is -0.778. The molecule has 96 heavy (non-hydrogen) atoms. The largest absolute Gasteiger partial charge is 0.462 e. The summed E-state index contributed by atoms with van der Waals surface area (Å²) in [5, 5.41) is 9.74. The second kappa shape index (κ2) is 85.0. The molecule has 5 nitrogen and oxygen atoms in total. The molecule has 0 aliphatic heterocycles. The fourth-order valence-electron chi connectivity index (χ4n) is 12.0. The molecule has 0 rings (SSSR count). The van der Waals surface area contributed by atoms with E-state index in [9.17, 15) is 14.7 Å². The monoisotopic (exact) mass is 1330 g/mol. The van der Waals surface area contributed by atoms with Crippen molar-refractivity contribution >= 4 is 11.9 Å². The van der Waals surface area contributed by atoms with Crippen LogP contribution in [0.3, 0.4) is 0 Å². The first kappa shape index (κ1) is 91.8. The van der Waals surface area contributed by atoms with Crippen LogP contribution in [0.4, 0.5) is 0 Å². The first-order valence-electron chi connectivity index (χ1n) is 41.4. The maximum Gasteiger partial charge on any atom is 0.306 e. The Kier molecular flexibility index (Phi) is 81.3. The van der Waals surface area contributed by atoms with E-state index in [2.05, 4.69) is 160 Å². The summed E-state index contributed by atoms with van der Waals surface area (Å²) >= 11 is 0. The topological polar surface area (TPSA) is 72.8 Å². The van der Waals surface area contributed by atoms with Gasteiger partial charge in [0.15, 0.2) is 6.10 Å². The van der Waals surface area contributed by atoms with Crippen LogP contribution in [0.25, 0.3) is 0 Å². The minimum Gasteiger partial charge on any atom is -0.462 e. The van der Waals surface area contributed by atoms with E-state index in [1.165, 1.54) is 257 Å². The molecule has 0 bridgehead atoms. The molecule has 0 aliphatic carbocycles. The molecule has 550 valence electrons. The average Bonchev–Trinajstić information content (AvgIpc) is 3.79. The number of esters is 2. The number of carbonyl (C=O) groups excluding carboxylic acids is 2. The van der Waals surface area contributed by atoms with Crippen molar-refractivity contribution in [2.45, 2.75) is 405 Å². The van der Waals surface area contributed by atoms with Gasteiger partial charge in [-0.05, 0) is 116 Å². The fraction of sp³-hybridized carbons (Fsp3) is 0.714. The lowest BCUT2D eigenvalue weighted by Gasteiger charge is -2.15. The van der Waals surface area contributed by atoms with Gasteiger partial charge in [0.2, 0.25) is 0 Å². The average molecular weight is 1330 g/mol. The highest BCUT2D eigenvalue weighted by Crippen LogP contribution is 2.19. The first-order valence-corrected chi connectivity index (χ1v) is 41.4. The predicted molar refractivity (Wildman–Crippen MR) is 426 cm³/mol. The number of hydrogen-bond donors (Lipinski definition) is 1. The number of aliphatic hydroxyl groups is 1. The van der Waals surface area contributed by atoms with Crippen LogP contribution in [-0.4, -0.2) is 36.4 Å². The molecule has 0 radical (unpaired) electrons. The molecular weight excluding hydrogens is 1170 g/mol. The zero-order valence-corrected chi connectivity index (χ0v) is 63.4. The summed E-state index contributed by atoms with van der Waals surface area (Å²) in [6, 6.07) is 0. The lowest BCUT2D eigenvalue weighted by atomic mass is 10.0. The van der Waals surface area contributed by atoms with Gasteiger partial charge in [0.05, 0.1) is 6.61 Å². The normalized spacial score (nSPS) is 13.0. The molecule has 0 saturated heterocycles. The smallest absolute Gasteiger partial charge is 0.306 e. The van der Waals surface area contributed by atoms with Gasteiger partial charge in [-0.3, -0.25) is 9.59 Å². The quantitative estimate of drug-likeness (QED) is 0.0373. The third kappa shape index (κ3) is 82.2. The number of allylic oxidation sites excluding steroid dienone is 24. The Labute approximate surface area is 597 Å². The summed E-state index contributed by atoms with van der Waals surface area (Å²) in [4.78, 5) is 24.7. The summed E-state index contributed by atoms with van der Waals surface area (Å²) in [6.07, 6.45) is 128. The van der Waals surface area contributed by atoms with Crippen molar-refractivity contribution in [3.8, 4) is 0 Å². The number of unbranched alkanes of at least 4 members (excludes halogenated alkanes) is 44. The van der Waals surface area contributed by atoms with Crippen molar-refractivity contribution in [1.82, 2.24) is 0 Å². The summed E-state index contributed by atoms with van der Waals surface area (Å²) in [5.74, 6) is -0.575. The van der Waals surface area contributed by atoms with Crippen LogP contribution in [0, 0.1) is 0 Å². The molecule has 1 unspecified atom stereocenters. The highest BCUT2D eigenvalue weighted by atomic mass is 16.6. The Hall–Kier alpha value is -4.22. The second-order valence-corrected chi connectivity index (χ2v) is 27.4. The molecule has 0 spiro atoms. The predicted octanol–water partition coefficient (Wildman–Crippen LogP) is 29.6.